The molecule has 0 N–H and O–H groups in total. The van der Waals surface area contributed by atoms with Crippen LogP contribution in [0.15, 0.2) is 23.8 Å². The Labute approximate surface area is 218 Å². The fourth-order valence-corrected chi connectivity index (χ4v) is 10.3. The second-order valence-corrected chi connectivity index (χ2v) is 15.4. The van der Waals surface area contributed by atoms with E-state index >= 15 is 0 Å². The van der Waals surface area contributed by atoms with Crippen molar-refractivity contribution in [2.75, 3.05) is 7.11 Å². The van der Waals surface area contributed by atoms with E-state index in [1.807, 2.05) is 12.7 Å². The van der Waals surface area contributed by atoms with Crippen LogP contribution in [-0.2, 0) is 4.74 Å². The Morgan fingerprint density at radius 2 is 1.74 bits per heavy atom. The molecular formula is C34H58O. The normalized spacial score (nSPS) is 43.5. The molecule has 35 heavy (non-hydrogen) atoms. The fourth-order valence-electron chi connectivity index (χ4n) is 10.3. The molecule has 1 nitrogen and oxygen atoms in total. The average Bonchev–Trinajstić information content (AvgIpc) is 3.08. The van der Waals surface area contributed by atoms with Gasteiger partial charge >= 0.3 is 0 Å². The summed E-state index contributed by atoms with van der Waals surface area (Å²) in [5, 5.41) is 0. The average molecular weight is 483 g/mol. The van der Waals surface area contributed by atoms with Crippen molar-refractivity contribution in [1.82, 2.24) is 0 Å². The first-order chi connectivity index (χ1) is 16.2. The van der Waals surface area contributed by atoms with Crippen molar-refractivity contribution in [1.29, 1.82) is 0 Å². The van der Waals surface area contributed by atoms with Gasteiger partial charge in [-0.05, 0) is 115 Å². The lowest BCUT2D eigenvalue weighted by atomic mass is 9.41. The number of fused-ring (bicyclic) bond motifs is 5. The molecule has 0 bridgehead atoms. The molecule has 4 aliphatic rings. The maximum atomic E-state index is 6.02. The van der Waals surface area contributed by atoms with E-state index < -0.39 is 0 Å². The molecule has 0 aromatic heterocycles. The molecule has 0 aromatic carbocycles. The van der Waals surface area contributed by atoms with Gasteiger partial charge in [-0.15, -0.1) is 0 Å². The van der Waals surface area contributed by atoms with Gasteiger partial charge in [-0.25, -0.2) is 0 Å². The highest BCUT2D eigenvalue weighted by Crippen LogP contribution is 2.73. The number of allylic oxidation sites excluding steroid dienone is 3. The molecule has 0 radical (unpaired) electrons. The molecule has 4 aliphatic carbocycles. The van der Waals surface area contributed by atoms with Gasteiger partial charge in [0.2, 0.25) is 0 Å². The smallest absolute Gasteiger partial charge is 0.0625 e. The Balaban J connectivity index is 1.57. The van der Waals surface area contributed by atoms with Crippen LogP contribution in [0.25, 0.3) is 0 Å². The van der Waals surface area contributed by atoms with Gasteiger partial charge in [0.1, 0.15) is 0 Å². The van der Waals surface area contributed by atoms with Crippen molar-refractivity contribution < 1.29 is 4.74 Å². The third kappa shape index (κ3) is 3.95. The molecule has 1 heteroatoms. The summed E-state index contributed by atoms with van der Waals surface area (Å²) in [4.78, 5) is 0. The van der Waals surface area contributed by atoms with Crippen LogP contribution in [0.4, 0.5) is 0 Å². The number of rotatable bonds is 7. The SMILES string of the molecule is C=C(CC[C@@H](C)[C@H]1CC[C@@]2(C)[C@@H]3CC[C@H]4C(C)(C)[C@@H](OC)CC[C@]4(C)C3=CC[C@]12C)C(C)(C)CC. The predicted molar refractivity (Wildman–Crippen MR) is 151 cm³/mol. The molecule has 200 valence electrons. The Bertz CT molecular complexity index is 847. The molecule has 0 heterocycles. The second-order valence-electron chi connectivity index (χ2n) is 15.4. The molecule has 0 aliphatic heterocycles. The van der Waals surface area contributed by atoms with Crippen LogP contribution in [0.2, 0.25) is 0 Å². The molecule has 4 rings (SSSR count). The second kappa shape index (κ2) is 9.03. The van der Waals surface area contributed by atoms with Gasteiger partial charge in [-0.3, -0.25) is 0 Å². The first-order valence-electron chi connectivity index (χ1n) is 15.1. The Morgan fingerprint density at radius 1 is 1.06 bits per heavy atom. The third-order valence-electron chi connectivity index (χ3n) is 13.5. The van der Waals surface area contributed by atoms with Crippen molar-refractivity contribution in [3.8, 4) is 0 Å². The molecule has 3 fully saturated rings. The van der Waals surface area contributed by atoms with E-state index in [2.05, 4.69) is 75.0 Å². The lowest BCUT2D eigenvalue weighted by molar-refractivity contribution is -0.130. The summed E-state index contributed by atoms with van der Waals surface area (Å²) >= 11 is 0. The van der Waals surface area contributed by atoms with Crippen LogP contribution in [-0.4, -0.2) is 13.2 Å². The van der Waals surface area contributed by atoms with Crippen LogP contribution < -0.4 is 0 Å². The van der Waals surface area contributed by atoms with E-state index in [0.717, 1.165) is 23.7 Å². The first kappa shape index (κ1) is 27.5. The van der Waals surface area contributed by atoms with Crippen LogP contribution in [0.3, 0.4) is 0 Å². The summed E-state index contributed by atoms with van der Waals surface area (Å²) in [6.07, 6.45) is 16.3. The number of hydrogen-bond acceptors (Lipinski definition) is 1. The van der Waals surface area contributed by atoms with E-state index in [0.29, 0.717) is 22.3 Å². The molecule has 0 unspecified atom stereocenters. The molecule has 0 spiro atoms. The van der Waals surface area contributed by atoms with Gasteiger partial charge in [0.05, 0.1) is 6.10 Å². The van der Waals surface area contributed by atoms with Gasteiger partial charge in [0.25, 0.3) is 0 Å². The quantitative estimate of drug-likeness (QED) is 0.328. The molecular weight excluding hydrogens is 424 g/mol. The van der Waals surface area contributed by atoms with E-state index in [-0.39, 0.29) is 10.8 Å². The summed E-state index contributed by atoms with van der Waals surface area (Å²) in [5.74, 6) is 3.15. The highest BCUT2D eigenvalue weighted by atomic mass is 16.5. The highest BCUT2D eigenvalue weighted by Gasteiger charge is 2.65. The third-order valence-corrected chi connectivity index (χ3v) is 13.5. The summed E-state index contributed by atoms with van der Waals surface area (Å²) in [7, 11) is 1.94. The molecule has 8 atom stereocenters. The zero-order valence-electron chi connectivity index (χ0n) is 25.2. The molecule has 0 amide bonds. The summed E-state index contributed by atoms with van der Waals surface area (Å²) in [6, 6.07) is 0. The Morgan fingerprint density at radius 3 is 2.37 bits per heavy atom. The lowest BCUT2D eigenvalue weighted by Gasteiger charge is -2.64. The van der Waals surface area contributed by atoms with Crippen LogP contribution in [0.1, 0.15) is 127 Å². The van der Waals surface area contributed by atoms with E-state index in [1.165, 1.54) is 69.8 Å². The number of methoxy groups -OCH3 is 1. The standard InChI is InChI=1S/C34H58O/c1-12-30(4,5)24(3)14-13-23(2)25-17-21-34(10)27-15-16-28-31(6,7)29(35-11)19-20-32(28,8)26(27)18-22-33(25,34)9/h18,23,25,27-29H,3,12-17,19-22H2,1-2,4-11H3/t23-,25-,27-,28+,29+,32-,33-,34+/m1/s1. The fraction of sp³-hybridized carbons (Fsp3) is 0.882. The van der Waals surface area contributed by atoms with Gasteiger partial charge in [0, 0.05) is 7.11 Å². The summed E-state index contributed by atoms with van der Waals surface area (Å²) < 4.78 is 6.02. The van der Waals surface area contributed by atoms with Crippen LogP contribution in [0.5, 0.6) is 0 Å². The van der Waals surface area contributed by atoms with Crippen molar-refractivity contribution in [2.45, 2.75) is 133 Å². The zero-order chi connectivity index (χ0) is 26.0. The van der Waals surface area contributed by atoms with Gasteiger partial charge in [-0.2, -0.15) is 0 Å². The van der Waals surface area contributed by atoms with Gasteiger partial charge in [-0.1, -0.05) is 86.1 Å². The minimum Gasteiger partial charge on any atom is -0.381 e. The molecule has 0 saturated heterocycles. The van der Waals surface area contributed by atoms with Crippen LogP contribution >= 0.6 is 0 Å². The number of ether oxygens (including phenoxy) is 1. The maximum Gasteiger partial charge on any atom is 0.0625 e. The van der Waals surface area contributed by atoms with Gasteiger partial charge in [0.15, 0.2) is 0 Å². The Kier molecular flexibility index (Phi) is 7.09. The van der Waals surface area contributed by atoms with Crippen molar-refractivity contribution in [2.24, 2.45) is 50.7 Å². The number of hydrogen-bond donors (Lipinski definition) is 0. The van der Waals surface area contributed by atoms with Crippen LogP contribution in [0, 0.1) is 50.7 Å². The van der Waals surface area contributed by atoms with Crippen molar-refractivity contribution in [3.05, 3.63) is 23.8 Å². The Hall–Kier alpha value is -0.560. The first-order valence-corrected chi connectivity index (χ1v) is 15.1. The zero-order valence-corrected chi connectivity index (χ0v) is 25.2. The van der Waals surface area contributed by atoms with Crippen molar-refractivity contribution >= 4 is 0 Å². The molecule has 3 saturated carbocycles. The van der Waals surface area contributed by atoms with Crippen molar-refractivity contribution in [3.63, 3.8) is 0 Å². The minimum absolute atomic E-state index is 0.261. The maximum absolute atomic E-state index is 6.02. The van der Waals surface area contributed by atoms with E-state index in [4.69, 9.17) is 4.74 Å². The lowest BCUT2D eigenvalue weighted by Crippen LogP contribution is -2.58. The monoisotopic (exact) mass is 482 g/mol. The highest BCUT2D eigenvalue weighted by molar-refractivity contribution is 5.32. The van der Waals surface area contributed by atoms with E-state index in [1.54, 1.807) is 0 Å². The van der Waals surface area contributed by atoms with Gasteiger partial charge < -0.3 is 4.74 Å². The largest absolute Gasteiger partial charge is 0.381 e. The summed E-state index contributed by atoms with van der Waals surface area (Å²) in [6.45, 7) is 27.2. The van der Waals surface area contributed by atoms with E-state index in [9.17, 15) is 0 Å². The summed E-state index contributed by atoms with van der Waals surface area (Å²) in [5.41, 5.74) is 5.11. The minimum atomic E-state index is 0.261. The molecule has 0 aromatic rings. The topological polar surface area (TPSA) is 9.23 Å². The predicted octanol–water partition coefficient (Wildman–Crippen LogP) is 10.0.